The fraction of sp³-hybridized carbons (Fsp3) is 1.00. The zero-order valence-corrected chi connectivity index (χ0v) is 11.3. The molecule has 0 radical (unpaired) electrons. The van der Waals surface area contributed by atoms with Gasteiger partial charge in [0.2, 0.25) is 0 Å². The maximum Gasteiger partial charge on any atom is 0.0558 e. The summed E-state index contributed by atoms with van der Waals surface area (Å²) < 4.78 is 0. The van der Waals surface area contributed by atoms with E-state index in [1.807, 2.05) is 0 Å². The monoisotopic (exact) mass is 247 g/mol. The lowest BCUT2D eigenvalue weighted by Crippen LogP contribution is -2.37. The van der Waals surface area contributed by atoms with Gasteiger partial charge in [0.1, 0.15) is 0 Å². The van der Waals surface area contributed by atoms with E-state index in [-0.39, 0.29) is 0 Å². The summed E-state index contributed by atoms with van der Waals surface area (Å²) in [6.07, 6.45) is 7.70. The lowest BCUT2D eigenvalue weighted by Gasteiger charge is -2.29. The minimum absolute atomic E-state index is 0.292. The molecule has 0 aromatic heterocycles. The van der Waals surface area contributed by atoms with Crippen LogP contribution in [0.4, 0.5) is 0 Å². The predicted octanol–water partition coefficient (Wildman–Crippen LogP) is 2.88. The summed E-state index contributed by atoms with van der Waals surface area (Å²) in [5.41, 5.74) is 0. The van der Waals surface area contributed by atoms with Crippen LogP contribution in [0.15, 0.2) is 0 Å². The van der Waals surface area contributed by atoms with Crippen LogP contribution in [0.3, 0.4) is 0 Å². The van der Waals surface area contributed by atoms with Gasteiger partial charge in [-0.05, 0) is 38.1 Å². The van der Waals surface area contributed by atoms with Crippen LogP contribution in [0.1, 0.15) is 45.4 Å². The molecule has 0 saturated heterocycles. The molecule has 0 aromatic carbocycles. The topological polar surface area (TPSA) is 23.5 Å². The SMILES string of the molecule is CC(CCCl)CCN(CCO)C1CCCC1. The van der Waals surface area contributed by atoms with Crippen LogP contribution < -0.4 is 0 Å². The third-order valence-corrected chi connectivity index (χ3v) is 3.96. The van der Waals surface area contributed by atoms with E-state index < -0.39 is 0 Å². The number of aliphatic hydroxyl groups is 1. The lowest BCUT2D eigenvalue weighted by atomic mass is 10.0. The summed E-state index contributed by atoms with van der Waals surface area (Å²) >= 11 is 5.75. The standard InChI is InChI=1S/C13H26ClNO/c1-12(6-8-14)7-9-15(10-11-16)13-4-2-3-5-13/h12-13,16H,2-11H2,1H3. The normalized spacial score (nSPS) is 19.5. The van der Waals surface area contributed by atoms with Gasteiger partial charge in [-0.25, -0.2) is 0 Å². The first-order valence-corrected chi connectivity index (χ1v) is 7.22. The molecule has 1 atom stereocenters. The highest BCUT2D eigenvalue weighted by atomic mass is 35.5. The zero-order chi connectivity index (χ0) is 11.8. The molecule has 1 unspecified atom stereocenters. The van der Waals surface area contributed by atoms with E-state index in [4.69, 9.17) is 16.7 Å². The minimum Gasteiger partial charge on any atom is -0.395 e. The van der Waals surface area contributed by atoms with Crippen LogP contribution in [0, 0.1) is 5.92 Å². The molecule has 96 valence electrons. The first-order chi connectivity index (χ1) is 7.77. The summed E-state index contributed by atoms with van der Waals surface area (Å²) in [6, 6.07) is 0.732. The average molecular weight is 248 g/mol. The second-order valence-electron chi connectivity index (χ2n) is 5.07. The number of hydrogen-bond donors (Lipinski definition) is 1. The molecule has 0 heterocycles. The van der Waals surface area contributed by atoms with Gasteiger partial charge in [0.05, 0.1) is 6.61 Å². The van der Waals surface area contributed by atoms with Gasteiger partial charge in [-0.3, -0.25) is 4.90 Å². The quantitative estimate of drug-likeness (QED) is 0.667. The van der Waals surface area contributed by atoms with Gasteiger partial charge in [0.15, 0.2) is 0 Å². The van der Waals surface area contributed by atoms with Crippen LogP contribution in [0.25, 0.3) is 0 Å². The maximum atomic E-state index is 9.10. The Kier molecular flexibility index (Phi) is 7.42. The number of hydrogen-bond acceptors (Lipinski definition) is 2. The lowest BCUT2D eigenvalue weighted by molar-refractivity contribution is 0.144. The molecule has 1 saturated carbocycles. The fourth-order valence-electron chi connectivity index (χ4n) is 2.59. The van der Waals surface area contributed by atoms with Crippen molar-refractivity contribution in [1.29, 1.82) is 0 Å². The molecular formula is C13H26ClNO. The van der Waals surface area contributed by atoms with Crippen molar-refractivity contribution in [1.82, 2.24) is 4.90 Å². The highest BCUT2D eigenvalue weighted by Crippen LogP contribution is 2.24. The van der Waals surface area contributed by atoms with Gasteiger partial charge in [-0.15, -0.1) is 11.6 Å². The summed E-state index contributed by atoms with van der Waals surface area (Å²) in [6.45, 7) is 4.54. The van der Waals surface area contributed by atoms with Crippen molar-refractivity contribution in [3.63, 3.8) is 0 Å². The van der Waals surface area contributed by atoms with Crippen molar-refractivity contribution >= 4 is 11.6 Å². The Labute approximate surface area is 105 Å². The Balaban J connectivity index is 2.26. The Bertz CT molecular complexity index is 171. The molecule has 1 rings (SSSR count). The highest BCUT2D eigenvalue weighted by molar-refractivity contribution is 6.17. The van der Waals surface area contributed by atoms with Crippen LogP contribution >= 0.6 is 11.6 Å². The van der Waals surface area contributed by atoms with Crippen molar-refractivity contribution in [2.24, 2.45) is 5.92 Å². The molecular weight excluding hydrogens is 222 g/mol. The summed E-state index contributed by atoms with van der Waals surface area (Å²) in [5.74, 6) is 1.48. The van der Waals surface area contributed by atoms with Crippen molar-refractivity contribution in [3.05, 3.63) is 0 Å². The Hall–Kier alpha value is 0.210. The maximum absolute atomic E-state index is 9.10. The zero-order valence-electron chi connectivity index (χ0n) is 10.5. The Morgan fingerprint density at radius 2 is 1.94 bits per heavy atom. The number of alkyl halides is 1. The molecule has 0 amide bonds. The van der Waals surface area contributed by atoms with E-state index in [9.17, 15) is 0 Å². The highest BCUT2D eigenvalue weighted by Gasteiger charge is 2.22. The molecule has 1 fully saturated rings. The molecule has 0 spiro atoms. The van der Waals surface area contributed by atoms with Crippen molar-refractivity contribution < 1.29 is 5.11 Å². The second kappa shape index (κ2) is 8.32. The smallest absolute Gasteiger partial charge is 0.0558 e. The van der Waals surface area contributed by atoms with Crippen LogP contribution in [-0.2, 0) is 0 Å². The summed E-state index contributed by atoms with van der Waals surface area (Å²) in [4.78, 5) is 2.48. The fourth-order valence-corrected chi connectivity index (χ4v) is 2.96. The van der Waals surface area contributed by atoms with Crippen LogP contribution in [0.5, 0.6) is 0 Å². The first-order valence-electron chi connectivity index (χ1n) is 6.68. The van der Waals surface area contributed by atoms with Crippen LogP contribution in [-0.4, -0.2) is 41.6 Å². The molecule has 3 heteroatoms. The average Bonchev–Trinajstić information content (AvgIpc) is 2.78. The third kappa shape index (κ3) is 5.03. The number of halogens is 1. The number of nitrogens with zero attached hydrogens (tertiary/aromatic N) is 1. The minimum atomic E-state index is 0.292. The van der Waals surface area contributed by atoms with Gasteiger partial charge < -0.3 is 5.11 Å². The third-order valence-electron chi connectivity index (χ3n) is 3.74. The van der Waals surface area contributed by atoms with Gasteiger partial charge in [0.25, 0.3) is 0 Å². The Morgan fingerprint density at radius 1 is 1.25 bits per heavy atom. The molecule has 1 aliphatic carbocycles. The summed E-state index contributed by atoms with van der Waals surface area (Å²) in [5, 5.41) is 9.10. The van der Waals surface area contributed by atoms with E-state index in [1.165, 1.54) is 32.1 Å². The van der Waals surface area contributed by atoms with Gasteiger partial charge >= 0.3 is 0 Å². The predicted molar refractivity (Wildman–Crippen MR) is 70.0 cm³/mol. The largest absolute Gasteiger partial charge is 0.395 e. The molecule has 1 aliphatic rings. The molecule has 0 bridgehead atoms. The second-order valence-corrected chi connectivity index (χ2v) is 5.45. The van der Waals surface area contributed by atoms with Crippen molar-refractivity contribution in [2.45, 2.75) is 51.5 Å². The van der Waals surface area contributed by atoms with E-state index in [0.717, 1.165) is 31.4 Å². The number of aliphatic hydroxyl groups excluding tert-OH is 1. The molecule has 0 aromatic rings. The summed E-state index contributed by atoms with van der Waals surface area (Å²) in [7, 11) is 0. The van der Waals surface area contributed by atoms with E-state index in [0.29, 0.717) is 12.5 Å². The Morgan fingerprint density at radius 3 is 2.50 bits per heavy atom. The van der Waals surface area contributed by atoms with Gasteiger partial charge in [0, 0.05) is 18.5 Å². The van der Waals surface area contributed by atoms with Gasteiger partial charge in [-0.1, -0.05) is 19.8 Å². The molecule has 0 aliphatic heterocycles. The number of rotatable bonds is 8. The van der Waals surface area contributed by atoms with Crippen molar-refractivity contribution in [3.8, 4) is 0 Å². The van der Waals surface area contributed by atoms with Crippen molar-refractivity contribution in [2.75, 3.05) is 25.6 Å². The van der Waals surface area contributed by atoms with E-state index in [2.05, 4.69) is 11.8 Å². The van der Waals surface area contributed by atoms with Crippen LogP contribution in [0.2, 0.25) is 0 Å². The molecule has 2 nitrogen and oxygen atoms in total. The first kappa shape index (κ1) is 14.3. The van der Waals surface area contributed by atoms with Gasteiger partial charge in [-0.2, -0.15) is 0 Å². The van der Waals surface area contributed by atoms with E-state index in [1.54, 1.807) is 0 Å². The molecule has 1 N–H and O–H groups in total. The molecule has 16 heavy (non-hydrogen) atoms. The van der Waals surface area contributed by atoms with E-state index >= 15 is 0 Å².